The third-order valence-corrected chi connectivity index (χ3v) is 1.71. The number of carboxylic acids is 1. The Hall–Kier alpha value is -1.30. The Morgan fingerprint density at radius 1 is 1.55 bits per heavy atom. The average Bonchev–Trinajstić information content (AvgIpc) is 2.09. The largest absolute Gasteiger partial charge is 0.478 e. The van der Waals surface area contributed by atoms with Crippen molar-refractivity contribution in [3.05, 3.63) is 11.0 Å². The van der Waals surface area contributed by atoms with Crippen LogP contribution in [0.3, 0.4) is 0 Å². The van der Waals surface area contributed by atoms with Crippen molar-refractivity contribution in [2.75, 3.05) is 0 Å². The van der Waals surface area contributed by atoms with Crippen molar-refractivity contribution in [2.45, 2.75) is 0 Å². The summed E-state index contributed by atoms with van der Waals surface area (Å²) in [5.74, 6) is -1.89. The maximum absolute atomic E-state index is 10.6. The van der Waals surface area contributed by atoms with Crippen LogP contribution >= 0.6 is 11.8 Å². The fourth-order valence-electron chi connectivity index (χ4n) is 0.533. The predicted octanol–water partition coefficient (Wildman–Crippen LogP) is -0.0621. The molecule has 58 valence electrons. The van der Waals surface area contributed by atoms with Crippen LogP contribution in [0.25, 0.3) is 0 Å². The summed E-state index contributed by atoms with van der Waals surface area (Å²) in [7, 11) is 0. The Balaban J connectivity index is 2.83. The van der Waals surface area contributed by atoms with Gasteiger partial charge in [-0.15, -0.1) is 0 Å². The van der Waals surface area contributed by atoms with Gasteiger partial charge in [0, 0.05) is 6.08 Å². The highest BCUT2D eigenvalue weighted by Crippen LogP contribution is 2.22. The lowest BCUT2D eigenvalue weighted by Gasteiger charge is -1.84. The zero-order valence-corrected chi connectivity index (χ0v) is 5.97. The van der Waals surface area contributed by atoms with Crippen molar-refractivity contribution in [1.29, 1.82) is 0 Å². The lowest BCUT2D eigenvalue weighted by Crippen LogP contribution is -2.18. The minimum absolute atomic E-state index is 0.0810. The minimum Gasteiger partial charge on any atom is -0.478 e. The Kier molecular flexibility index (Phi) is 1.95. The highest BCUT2D eigenvalue weighted by molar-refractivity contribution is 8.18. The first-order valence-electron chi connectivity index (χ1n) is 2.57. The van der Waals surface area contributed by atoms with Crippen molar-refractivity contribution in [3.8, 4) is 0 Å². The molecule has 1 aliphatic heterocycles. The van der Waals surface area contributed by atoms with Crippen LogP contribution in [-0.4, -0.2) is 22.2 Å². The second-order valence-electron chi connectivity index (χ2n) is 1.69. The van der Waals surface area contributed by atoms with Gasteiger partial charge in [0.25, 0.3) is 11.1 Å². The van der Waals surface area contributed by atoms with Gasteiger partial charge in [-0.1, -0.05) is 0 Å². The van der Waals surface area contributed by atoms with E-state index in [4.69, 9.17) is 5.11 Å². The predicted molar refractivity (Wildman–Crippen MR) is 36.8 cm³/mol. The highest BCUT2D eigenvalue weighted by atomic mass is 32.2. The summed E-state index contributed by atoms with van der Waals surface area (Å²) in [6.45, 7) is 0. The van der Waals surface area contributed by atoms with Gasteiger partial charge in [0.15, 0.2) is 0 Å². The lowest BCUT2D eigenvalue weighted by molar-refractivity contribution is -0.131. The molecule has 1 rings (SSSR count). The number of amides is 2. The number of nitrogens with one attached hydrogen (secondary N) is 1. The standard InChI is InChI=1S/C5H3NO4S/c7-3(8)1-2-4(9)6-5(10)11-2/h1H,(H,7,8)(H,6,9,10)/b2-1-. The smallest absolute Gasteiger partial charge is 0.329 e. The summed E-state index contributed by atoms with van der Waals surface area (Å²) in [5.41, 5.74) is 0. The monoisotopic (exact) mass is 173 g/mol. The van der Waals surface area contributed by atoms with Crippen molar-refractivity contribution >= 4 is 28.9 Å². The average molecular weight is 173 g/mol. The van der Waals surface area contributed by atoms with E-state index in [0.29, 0.717) is 17.8 Å². The van der Waals surface area contributed by atoms with Crippen LogP contribution in [0.5, 0.6) is 0 Å². The normalized spacial score (nSPS) is 20.5. The number of hydrogen-bond acceptors (Lipinski definition) is 4. The molecule has 0 bridgehead atoms. The van der Waals surface area contributed by atoms with E-state index in [9.17, 15) is 14.4 Å². The van der Waals surface area contributed by atoms with Crippen LogP contribution < -0.4 is 5.32 Å². The maximum Gasteiger partial charge on any atom is 0.329 e. The van der Waals surface area contributed by atoms with E-state index < -0.39 is 17.1 Å². The molecule has 0 unspecified atom stereocenters. The molecule has 2 amide bonds. The summed E-state index contributed by atoms with van der Waals surface area (Å²) in [4.78, 5) is 31.0. The fourth-order valence-corrected chi connectivity index (χ4v) is 1.18. The maximum atomic E-state index is 10.6. The molecule has 0 saturated carbocycles. The van der Waals surface area contributed by atoms with Gasteiger partial charge < -0.3 is 5.11 Å². The molecule has 1 heterocycles. The molecule has 0 radical (unpaired) electrons. The Labute approximate surface area is 65.5 Å². The van der Waals surface area contributed by atoms with Crippen LogP contribution in [-0.2, 0) is 9.59 Å². The van der Waals surface area contributed by atoms with Gasteiger partial charge in [-0.2, -0.15) is 0 Å². The number of imide groups is 1. The van der Waals surface area contributed by atoms with Gasteiger partial charge in [0.1, 0.15) is 0 Å². The first kappa shape index (κ1) is 7.80. The highest BCUT2D eigenvalue weighted by Gasteiger charge is 2.25. The van der Waals surface area contributed by atoms with Crippen LogP contribution in [0.4, 0.5) is 4.79 Å². The second kappa shape index (κ2) is 2.75. The molecule has 11 heavy (non-hydrogen) atoms. The molecule has 0 aromatic heterocycles. The zero-order valence-electron chi connectivity index (χ0n) is 5.16. The summed E-state index contributed by atoms with van der Waals surface area (Å²) in [5, 5.41) is 9.58. The molecule has 2 N–H and O–H groups in total. The summed E-state index contributed by atoms with van der Waals surface area (Å²) in [6.07, 6.45) is 0.699. The second-order valence-corrected chi connectivity index (χ2v) is 2.71. The van der Waals surface area contributed by atoms with Crippen molar-refractivity contribution in [1.82, 2.24) is 5.32 Å². The molecule has 0 atom stereocenters. The van der Waals surface area contributed by atoms with Crippen LogP contribution in [0.15, 0.2) is 11.0 Å². The Bertz CT molecular complexity index is 270. The summed E-state index contributed by atoms with van der Waals surface area (Å²) >= 11 is 0.583. The van der Waals surface area contributed by atoms with Crippen LogP contribution in [0.2, 0.25) is 0 Å². The minimum atomic E-state index is -1.24. The molecule has 0 aromatic rings. The number of carbonyl (C=O) groups excluding carboxylic acids is 2. The van der Waals surface area contributed by atoms with Crippen molar-refractivity contribution < 1.29 is 19.5 Å². The molecule has 0 spiro atoms. The number of hydrogen-bond donors (Lipinski definition) is 2. The van der Waals surface area contributed by atoms with E-state index in [1.54, 1.807) is 0 Å². The zero-order chi connectivity index (χ0) is 8.43. The fraction of sp³-hybridized carbons (Fsp3) is 0. The summed E-state index contributed by atoms with van der Waals surface area (Å²) < 4.78 is 0. The number of thioether (sulfide) groups is 1. The quantitative estimate of drug-likeness (QED) is 0.542. The van der Waals surface area contributed by atoms with Gasteiger partial charge in [-0.25, -0.2) is 4.79 Å². The number of aliphatic carboxylic acids is 1. The Morgan fingerprint density at radius 2 is 2.18 bits per heavy atom. The van der Waals surface area contributed by atoms with E-state index in [-0.39, 0.29) is 4.91 Å². The third kappa shape index (κ3) is 1.81. The first-order chi connectivity index (χ1) is 5.09. The molecule has 1 aliphatic rings. The molecular weight excluding hydrogens is 170 g/mol. The topological polar surface area (TPSA) is 83.5 Å². The molecule has 0 aliphatic carbocycles. The van der Waals surface area contributed by atoms with E-state index in [1.807, 2.05) is 5.32 Å². The van der Waals surface area contributed by atoms with Crippen LogP contribution in [0.1, 0.15) is 0 Å². The first-order valence-corrected chi connectivity index (χ1v) is 3.39. The molecule has 6 heteroatoms. The SMILES string of the molecule is O=C(O)/C=C1\SC(=O)NC1=O. The Morgan fingerprint density at radius 3 is 2.55 bits per heavy atom. The van der Waals surface area contributed by atoms with E-state index in [1.165, 1.54) is 0 Å². The number of carboxylic acid groups (broad SMARTS) is 1. The van der Waals surface area contributed by atoms with Crippen LogP contribution in [0, 0.1) is 0 Å². The van der Waals surface area contributed by atoms with Crippen molar-refractivity contribution in [3.63, 3.8) is 0 Å². The van der Waals surface area contributed by atoms with Gasteiger partial charge in [-0.3, -0.25) is 14.9 Å². The molecule has 0 aromatic carbocycles. The molecule has 1 fully saturated rings. The van der Waals surface area contributed by atoms with E-state index in [0.717, 1.165) is 0 Å². The third-order valence-electron chi connectivity index (χ3n) is 0.897. The van der Waals surface area contributed by atoms with Gasteiger partial charge in [0.05, 0.1) is 4.91 Å². The molecular formula is C5H3NO4S. The molecule has 1 saturated heterocycles. The lowest BCUT2D eigenvalue weighted by atomic mass is 10.5. The number of carbonyl (C=O) groups is 3. The van der Waals surface area contributed by atoms with Gasteiger partial charge in [0.2, 0.25) is 0 Å². The summed E-state index contributed by atoms with van der Waals surface area (Å²) in [6, 6.07) is 0. The number of rotatable bonds is 1. The molecule has 5 nitrogen and oxygen atoms in total. The van der Waals surface area contributed by atoms with E-state index >= 15 is 0 Å². The van der Waals surface area contributed by atoms with Gasteiger partial charge >= 0.3 is 5.97 Å². The van der Waals surface area contributed by atoms with Gasteiger partial charge in [-0.05, 0) is 11.8 Å². The van der Waals surface area contributed by atoms with Crippen molar-refractivity contribution in [2.24, 2.45) is 0 Å². The van der Waals surface area contributed by atoms with E-state index in [2.05, 4.69) is 0 Å².